The number of aryl methyl sites for hydroxylation is 1. The summed E-state index contributed by atoms with van der Waals surface area (Å²) in [6, 6.07) is 20.7. The third-order valence-electron chi connectivity index (χ3n) is 6.76. The Bertz CT molecular complexity index is 1760. The lowest BCUT2D eigenvalue weighted by Gasteiger charge is -2.15. The monoisotopic (exact) mass is 665 g/mol. The quantitative estimate of drug-likeness (QED) is 0.0224. The fourth-order valence-corrected chi connectivity index (χ4v) is 4.87. The van der Waals surface area contributed by atoms with Crippen molar-refractivity contribution in [2.75, 3.05) is 6.73 Å². The van der Waals surface area contributed by atoms with Crippen molar-refractivity contribution in [1.82, 2.24) is 14.7 Å². The predicted octanol–water partition coefficient (Wildman–Crippen LogP) is 4.97. The van der Waals surface area contributed by atoms with Gasteiger partial charge in [-0.2, -0.15) is 5.12 Å². The Morgan fingerprint density at radius 1 is 1.11 bits per heavy atom. The summed E-state index contributed by atoms with van der Waals surface area (Å²) in [4.78, 5) is 43.1. The second-order valence-electron chi connectivity index (χ2n) is 10.1. The lowest BCUT2D eigenvalue weighted by Crippen LogP contribution is -2.33. The molecule has 0 amide bonds. The van der Waals surface area contributed by atoms with E-state index in [9.17, 15) is 24.8 Å². The van der Waals surface area contributed by atoms with E-state index in [0.29, 0.717) is 23.4 Å². The molecule has 0 fully saturated rings. The van der Waals surface area contributed by atoms with Crippen LogP contribution in [-0.2, 0) is 29.1 Å². The predicted molar refractivity (Wildman–Crippen MR) is 171 cm³/mol. The van der Waals surface area contributed by atoms with E-state index in [0.717, 1.165) is 34.6 Å². The molecule has 0 radical (unpaired) electrons. The Balaban J connectivity index is 1.42. The number of carboxylic acid groups (broad SMARTS) is 1. The summed E-state index contributed by atoms with van der Waals surface area (Å²) < 4.78 is 11.7. The van der Waals surface area contributed by atoms with Gasteiger partial charge in [-0.1, -0.05) is 85.6 Å². The molecule has 0 aliphatic heterocycles. The molecule has 16 heteroatoms. The number of benzene rings is 3. The summed E-state index contributed by atoms with van der Waals surface area (Å²) in [5.41, 5.74) is 9.60. The first-order valence-electron chi connectivity index (χ1n) is 14.3. The van der Waals surface area contributed by atoms with Crippen molar-refractivity contribution in [2.45, 2.75) is 39.3 Å². The Morgan fingerprint density at radius 3 is 2.55 bits per heavy atom. The molecular weight excluding hydrogens is 634 g/mol. The number of carbonyl (C=O) groups is 2. The molecule has 0 unspecified atom stereocenters. The van der Waals surface area contributed by atoms with Crippen LogP contribution in [0.15, 0.2) is 77.9 Å². The van der Waals surface area contributed by atoms with Crippen LogP contribution in [0.4, 0.5) is 4.79 Å². The maximum Gasteiger partial charge on any atom is 0.515 e. The molecule has 5 N–H and O–H groups in total. The second-order valence-corrected chi connectivity index (χ2v) is 10.5. The van der Waals surface area contributed by atoms with Crippen molar-refractivity contribution in [2.24, 2.45) is 16.7 Å². The number of carbonyl (C=O) groups excluding carboxylic acids is 1. The highest BCUT2D eigenvalue weighted by molar-refractivity contribution is 6.32. The fourth-order valence-electron chi connectivity index (χ4n) is 4.59. The number of hydrogen-bond acceptors (Lipinski definition) is 11. The van der Waals surface area contributed by atoms with Crippen LogP contribution in [0.5, 0.6) is 5.75 Å². The summed E-state index contributed by atoms with van der Waals surface area (Å²) in [5.74, 6) is 5.50. The molecule has 0 aliphatic carbocycles. The zero-order chi connectivity index (χ0) is 33.9. The number of rotatable bonds is 15. The Kier molecular flexibility index (Phi) is 11.7. The van der Waals surface area contributed by atoms with Crippen molar-refractivity contribution in [3.05, 3.63) is 116 Å². The van der Waals surface area contributed by atoms with Gasteiger partial charge >= 0.3 is 12.1 Å². The second kappa shape index (κ2) is 16.1. The van der Waals surface area contributed by atoms with E-state index in [1.54, 1.807) is 22.8 Å². The maximum absolute atomic E-state index is 12.2. The third-order valence-corrected chi connectivity index (χ3v) is 7.02. The van der Waals surface area contributed by atoms with Crippen LogP contribution in [-0.4, -0.2) is 49.6 Å². The number of carboxylic acids is 1. The molecule has 0 atom stereocenters. The molecule has 1 heterocycles. The molecule has 0 bridgehead atoms. The number of unbranched alkanes of at least 4 members (excludes halogenated alkanes) is 1. The zero-order valence-corrected chi connectivity index (χ0v) is 26.0. The van der Waals surface area contributed by atoms with E-state index < -0.39 is 23.9 Å². The van der Waals surface area contributed by atoms with Gasteiger partial charge < -0.3 is 29.7 Å². The van der Waals surface area contributed by atoms with Crippen molar-refractivity contribution in [3.8, 4) is 16.9 Å². The first-order chi connectivity index (χ1) is 22.5. The van der Waals surface area contributed by atoms with Crippen molar-refractivity contribution >= 4 is 29.6 Å². The van der Waals surface area contributed by atoms with Crippen LogP contribution < -0.4 is 16.3 Å². The van der Waals surface area contributed by atoms with Gasteiger partial charge in [-0.05, 0) is 40.8 Å². The zero-order valence-electron chi connectivity index (χ0n) is 25.2. The standard InChI is InChI=1S/C31H32ClN7O8/c1-2-3-11-26-35-28(32)27(30(40)41)37(26)17-20-12-14-22(15-13-20)24-9-4-5-10-25(24)29(33)36-38(34)19-45-31(42)47-23-8-6-7-21(16-23)18-46-39(43)44/h4-10,12-16H,2-3,11,17-19,34H2,1H3,(H2,33,36)(H,40,41). The highest BCUT2D eigenvalue weighted by Gasteiger charge is 2.21. The topological polar surface area (TPSA) is 211 Å². The molecule has 0 spiro atoms. The number of aromatic carboxylic acids is 1. The molecule has 246 valence electrons. The molecule has 15 nitrogen and oxygen atoms in total. The number of aromatic nitrogens is 2. The number of hydrazone groups is 1. The van der Waals surface area contributed by atoms with E-state index in [1.807, 2.05) is 43.3 Å². The van der Waals surface area contributed by atoms with E-state index in [4.69, 9.17) is 32.7 Å². The smallest absolute Gasteiger partial charge is 0.476 e. The van der Waals surface area contributed by atoms with E-state index in [-0.39, 0.29) is 35.6 Å². The van der Waals surface area contributed by atoms with Gasteiger partial charge in [0.2, 0.25) is 0 Å². The molecule has 47 heavy (non-hydrogen) atoms. The highest BCUT2D eigenvalue weighted by Crippen LogP contribution is 2.26. The van der Waals surface area contributed by atoms with Crippen LogP contribution in [0.3, 0.4) is 0 Å². The van der Waals surface area contributed by atoms with E-state index >= 15 is 0 Å². The third kappa shape index (κ3) is 9.42. The lowest BCUT2D eigenvalue weighted by molar-refractivity contribution is -0.763. The minimum atomic E-state index is -1.14. The van der Waals surface area contributed by atoms with Crippen LogP contribution in [0, 0.1) is 10.1 Å². The van der Waals surface area contributed by atoms with Gasteiger partial charge in [0.05, 0.1) is 0 Å². The van der Waals surface area contributed by atoms with Crippen LogP contribution in [0.25, 0.3) is 11.1 Å². The minimum Gasteiger partial charge on any atom is -0.476 e. The molecular formula is C31H32ClN7O8. The summed E-state index contributed by atoms with van der Waals surface area (Å²) in [6.45, 7) is 1.50. The van der Waals surface area contributed by atoms with Crippen LogP contribution >= 0.6 is 11.6 Å². The molecule has 0 saturated heterocycles. The Hall–Kier alpha value is -5.67. The molecule has 1 aromatic heterocycles. The van der Waals surface area contributed by atoms with Crippen molar-refractivity contribution < 1.29 is 34.1 Å². The van der Waals surface area contributed by atoms with E-state index in [2.05, 4.69) is 14.9 Å². The largest absolute Gasteiger partial charge is 0.515 e. The lowest BCUT2D eigenvalue weighted by atomic mass is 9.98. The van der Waals surface area contributed by atoms with Crippen LogP contribution in [0.1, 0.15) is 52.8 Å². The SMILES string of the molecule is CCCCc1nc(Cl)c(C(=O)O)n1Cc1ccc(-c2ccccc2/C(N)=N/N(N)COC(=O)Oc2cccc(CO[N+](=O)[O-])c2)cc1. The minimum absolute atomic E-state index is 0.0344. The number of amidine groups is 1. The number of nitrogens with two attached hydrogens (primary N) is 2. The van der Waals surface area contributed by atoms with Crippen molar-refractivity contribution in [3.63, 3.8) is 0 Å². The first kappa shape index (κ1) is 34.2. The first-order valence-corrected chi connectivity index (χ1v) is 14.7. The summed E-state index contributed by atoms with van der Waals surface area (Å²) >= 11 is 6.17. The van der Waals surface area contributed by atoms with Gasteiger partial charge in [-0.3, -0.25) is 0 Å². The van der Waals surface area contributed by atoms with Gasteiger partial charge in [0.25, 0.3) is 5.09 Å². The Labute approximate surface area is 274 Å². The summed E-state index contributed by atoms with van der Waals surface area (Å²) in [5, 5.41) is 24.1. The average molecular weight is 666 g/mol. The van der Waals surface area contributed by atoms with Crippen molar-refractivity contribution in [1.29, 1.82) is 0 Å². The molecule has 0 aliphatic rings. The van der Waals surface area contributed by atoms with Gasteiger partial charge in [-0.15, -0.1) is 15.2 Å². The molecule has 4 rings (SSSR count). The number of halogens is 1. The maximum atomic E-state index is 12.2. The average Bonchev–Trinajstić information content (AvgIpc) is 3.36. The number of ether oxygens (including phenoxy) is 2. The highest BCUT2D eigenvalue weighted by atomic mass is 35.5. The number of hydrazine groups is 1. The normalized spacial score (nSPS) is 11.2. The van der Waals surface area contributed by atoms with Gasteiger partial charge in [0.1, 0.15) is 18.2 Å². The fraction of sp³-hybridized carbons (Fsp3) is 0.226. The van der Waals surface area contributed by atoms with Gasteiger partial charge in [0, 0.05) is 18.5 Å². The number of imidazole rings is 1. The van der Waals surface area contributed by atoms with Crippen LogP contribution in [0.2, 0.25) is 5.15 Å². The van der Waals surface area contributed by atoms with E-state index in [1.165, 1.54) is 18.2 Å². The van der Waals surface area contributed by atoms with Gasteiger partial charge in [-0.25, -0.2) is 20.4 Å². The molecule has 3 aromatic carbocycles. The molecule has 0 saturated carbocycles. The number of hydrogen-bond donors (Lipinski definition) is 3. The van der Waals surface area contributed by atoms with Gasteiger partial charge in [0.15, 0.2) is 23.4 Å². The summed E-state index contributed by atoms with van der Waals surface area (Å²) in [6.07, 6.45) is 1.29. The number of nitrogens with zero attached hydrogens (tertiary/aromatic N) is 5. The summed E-state index contributed by atoms with van der Waals surface area (Å²) in [7, 11) is 0. The molecule has 4 aromatic rings. The Morgan fingerprint density at radius 2 is 1.85 bits per heavy atom.